The van der Waals surface area contributed by atoms with Gasteiger partial charge in [-0.25, -0.2) is 0 Å². The SMILES string of the molecule is CCC(CC)C(=O)N[C@H](O)C(Cl)(Cl)[C@@H](C)Cl. The second-order valence-corrected chi connectivity index (χ2v) is 5.81. The summed E-state index contributed by atoms with van der Waals surface area (Å²) in [6, 6.07) is 0. The molecule has 0 heterocycles. The van der Waals surface area contributed by atoms with Crippen LogP contribution in [0.1, 0.15) is 33.6 Å². The lowest BCUT2D eigenvalue weighted by molar-refractivity contribution is -0.128. The molecule has 0 bridgehead atoms. The number of rotatable bonds is 6. The molecule has 3 nitrogen and oxygen atoms in total. The lowest BCUT2D eigenvalue weighted by atomic mass is 10.0. The highest BCUT2D eigenvalue weighted by molar-refractivity contribution is 6.52. The highest BCUT2D eigenvalue weighted by atomic mass is 35.5. The van der Waals surface area contributed by atoms with Crippen LogP contribution in [-0.2, 0) is 4.79 Å². The minimum atomic E-state index is -1.59. The summed E-state index contributed by atoms with van der Waals surface area (Å²) >= 11 is 17.4. The molecule has 0 aromatic heterocycles. The van der Waals surface area contributed by atoms with Crippen molar-refractivity contribution in [1.82, 2.24) is 5.32 Å². The third kappa shape index (κ3) is 4.28. The molecule has 96 valence electrons. The number of amides is 1. The Morgan fingerprint density at radius 3 is 2.12 bits per heavy atom. The molecule has 2 atom stereocenters. The number of alkyl halides is 3. The summed E-state index contributed by atoms with van der Waals surface area (Å²) in [5.41, 5.74) is 0. The van der Waals surface area contributed by atoms with Crippen LogP contribution in [0.5, 0.6) is 0 Å². The van der Waals surface area contributed by atoms with E-state index in [2.05, 4.69) is 5.32 Å². The molecular formula is C10H18Cl3NO2. The molecule has 0 aliphatic rings. The molecule has 2 N–H and O–H groups in total. The van der Waals surface area contributed by atoms with Crippen molar-refractivity contribution in [1.29, 1.82) is 0 Å². The number of nitrogens with one attached hydrogen (secondary N) is 1. The molecule has 0 rings (SSSR count). The van der Waals surface area contributed by atoms with Gasteiger partial charge in [0.2, 0.25) is 5.91 Å². The number of carbonyl (C=O) groups is 1. The number of hydrogen-bond acceptors (Lipinski definition) is 2. The van der Waals surface area contributed by atoms with Crippen LogP contribution in [0, 0.1) is 5.92 Å². The van der Waals surface area contributed by atoms with Crippen molar-refractivity contribution in [3.8, 4) is 0 Å². The van der Waals surface area contributed by atoms with Crippen LogP contribution in [0.4, 0.5) is 0 Å². The molecule has 0 radical (unpaired) electrons. The summed E-state index contributed by atoms with van der Waals surface area (Å²) in [7, 11) is 0. The van der Waals surface area contributed by atoms with Crippen molar-refractivity contribution in [2.45, 2.75) is 49.6 Å². The summed E-state index contributed by atoms with van der Waals surface area (Å²) in [6.07, 6.45) is 0.0166. The van der Waals surface area contributed by atoms with Gasteiger partial charge in [0.05, 0.1) is 5.38 Å². The van der Waals surface area contributed by atoms with Gasteiger partial charge in [0.25, 0.3) is 0 Å². The van der Waals surface area contributed by atoms with Crippen molar-refractivity contribution < 1.29 is 9.90 Å². The van der Waals surface area contributed by atoms with Gasteiger partial charge in [-0.15, -0.1) is 11.6 Å². The van der Waals surface area contributed by atoms with E-state index in [0.29, 0.717) is 12.8 Å². The first-order valence-electron chi connectivity index (χ1n) is 5.27. The maximum atomic E-state index is 11.7. The van der Waals surface area contributed by atoms with Gasteiger partial charge >= 0.3 is 0 Å². The maximum Gasteiger partial charge on any atom is 0.225 e. The zero-order valence-corrected chi connectivity index (χ0v) is 11.9. The molecule has 6 heteroatoms. The third-order valence-corrected chi connectivity index (χ3v) is 4.17. The quantitative estimate of drug-likeness (QED) is 0.584. The molecule has 0 aliphatic heterocycles. The molecule has 16 heavy (non-hydrogen) atoms. The van der Waals surface area contributed by atoms with Gasteiger partial charge in [-0.05, 0) is 19.8 Å². The van der Waals surface area contributed by atoms with E-state index in [4.69, 9.17) is 34.8 Å². The van der Waals surface area contributed by atoms with Crippen LogP contribution in [-0.4, -0.2) is 27.0 Å². The standard InChI is InChI=1S/C10H18Cl3NO2/c1-4-7(5-2)8(15)14-9(16)10(12,13)6(3)11/h6-7,9,16H,4-5H2,1-3H3,(H,14,15)/t6-,9-/m1/s1. The molecule has 0 fully saturated rings. The average molecular weight is 291 g/mol. The molecule has 0 saturated carbocycles. The van der Waals surface area contributed by atoms with E-state index >= 15 is 0 Å². The molecule has 1 amide bonds. The van der Waals surface area contributed by atoms with Crippen molar-refractivity contribution in [3.63, 3.8) is 0 Å². The highest BCUT2D eigenvalue weighted by Gasteiger charge is 2.40. The molecule has 0 saturated heterocycles. The Morgan fingerprint density at radius 1 is 1.38 bits per heavy atom. The van der Waals surface area contributed by atoms with Crippen molar-refractivity contribution in [3.05, 3.63) is 0 Å². The first kappa shape index (κ1) is 16.3. The van der Waals surface area contributed by atoms with Gasteiger partial charge in [0.1, 0.15) is 0 Å². The van der Waals surface area contributed by atoms with E-state index in [0.717, 1.165) is 0 Å². The fourth-order valence-corrected chi connectivity index (χ4v) is 1.45. The Kier molecular flexibility index (Phi) is 7.03. The molecule has 0 unspecified atom stereocenters. The Hall–Kier alpha value is 0.300. The molecule has 0 spiro atoms. The monoisotopic (exact) mass is 289 g/mol. The molecule has 0 aromatic carbocycles. The Bertz CT molecular complexity index is 230. The summed E-state index contributed by atoms with van der Waals surface area (Å²) in [6.45, 7) is 5.35. The summed E-state index contributed by atoms with van der Waals surface area (Å²) in [4.78, 5) is 11.7. The highest BCUT2D eigenvalue weighted by Crippen LogP contribution is 2.32. The van der Waals surface area contributed by atoms with Crippen LogP contribution < -0.4 is 5.32 Å². The number of aliphatic hydroxyl groups is 1. The second kappa shape index (κ2) is 6.90. The first-order valence-corrected chi connectivity index (χ1v) is 6.46. The Morgan fingerprint density at radius 2 is 1.81 bits per heavy atom. The van der Waals surface area contributed by atoms with Gasteiger partial charge in [-0.3, -0.25) is 4.79 Å². The number of hydrogen-bond donors (Lipinski definition) is 2. The zero-order chi connectivity index (χ0) is 12.9. The van der Waals surface area contributed by atoms with Crippen LogP contribution >= 0.6 is 34.8 Å². The first-order chi connectivity index (χ1) is 7.27. The summed E-state index contributed by atoms with van der Waals surface area (Å²) in [5.74, 6) is -0.412. The van der Waals surface area contributed by atoms with Crippen LogP contribution in [0.25, 0.3) is 0 Å². The van der Waals surface area contributed by atoms with Crippen LogP contribution in [0.2, 0.25) is 0 Å². The Labute approximate surface area is 111 Å². The van der Waals surface area contributed by atoms with Crippen molar-refractivity contribution in [2.24, 2.45) is 5.92 Å². The fourth-order valence-electron chi connectivity index (χ4n) is 1.23. The number of aliphatic hydroxyl groups excluding tert-OH is 1. The second-order valence-electron chi connectivity index (χ2n) is 3.72. The third-order valence-electron chi connectivity index (χ3n) is 2.53. The summed E-state index contributed by atoms with van der Waals surface area (Å²) < 4.78 is -1.59. The van der Waals surface area contributed by atoms with E-state index in [1.165, 1.54) is 0 Å². The average Bonchev–Trinajstić information content (AvgIpc) is 2.18. The van der Waals surface area contributed by atoms with E-state index in [-0.39, 0.29) is 11.8 Å². The van der Waals surface area contributed by atoms with Gasteiger partial charge in [0.15, 0.2) is 10.6 Å². The smallest absolute Gasteiger partial charge is 0.225 e. The van der Waals surface area contributed by atoms with Gasteiger partial charge in [-0.2, -0.15) is 0 Å². The predicted octanol–water partition coefficient (Wildman–Crippen LogP) is 2.66. The summed E-state index contributed by atoms with van der Waals surface area (Å²) in [5, 5.41) is 11.4. The minimum Gasteiger partial charge on any atom is -0.370 e. The van der Waals surface area contributed by atoms with Gasteiger partial charge in [0, 0.05) is 5.92 Å². The minimum absolute atomic E-state index is 0.149. The van der Waals surface area contributed by atoms with E-state index in [9.17, 15) is 9.90 Å². The molecule has 0 aromatic rings. The Balaban J connectivity index is 4.45. The fraction of sp³-hybridized carbons (Fsp3) is 0.900. The zero-order valence-electron chi connectivity index (χ0n) is 9.64. The lowest BCUT2D eigenvalue weighted by Gasteiger charge is -2.29. The molecule has 0 aliphatic carbocycles. The van der Waals surface area contributed by atoms with Gasteiger partial charge in [-0.1, -0.05) is 37.0 Å². The van der Waals surface area contributed by atoms with E-state index in [1.807, 2.05) is 13.8 Å². The topological polar surface area (TPSA) is 49.3 Å². The van der Waals surface area contributed by atoms with Gasteiger partial charge < -0.3 is 10.4 Å². The predicted molar refractivity (Wildman–Crippen MR) is 68.0 cm³/mol. The van der Waals surface area contributed by atoms with E-state index < -0.39 is 15.9 Å². The van der Waals surface area contributed by atoms with Crippen molar-refractivity contribution >= 4 is 40.7 Å². The van der Waals surface area contributed by atoms with Crippen molar-refractivity contribution in [2.75, 3.05) is 0 Å². The van der Waals surface area contributed by atoms with Crippen LogP contribution in [0.3, 0.4) is 0 Å². The number of carbonyl (C=O) groups excluding carboxylic acids is 1. The normalized spacial score (nSPS) is 16.0. The largest absolute Gasteiger partial charge is 0.370 e. The molecular weight excluding hydrogens is 272 g/mol. The van der Waals surface area contributed by atoms with E-state index in [1.54, 1.807) is 6.92 Å². The maximum absolute atomic E-state index is 11.7. The number of halogens is 3. The lowest BCUT2D eigenvalue weighted by Crippen LogP contribution is -2.51. The van der Waals surface area contributed by atoms with Crippen LogP contribution in [0.15, 0.2) is 0 Å².